The molecule has 19 nitrogen and oxygen atoms in total. The molecule has 1 aromatic rings. The third-order valence-corrected chi connectivity index (χ3v) is 13.3. The molecule has 0 aromatic heterocycles. The van der Waals surface area contributed by atoms with E-state index in [2.05, 4.69) is 37.2 Å². The van der Waals surface area contributed by atoms with Crippen LogP contribution in [-0.4, -0.2) is 158 Å². The Kier molecular flexibility index (Phi) is 26.3. The summed E-state index contributed by atoms with van der Waals surface area (Å²) in [5.41, 5.74) is 1.74. The number of carbonyl (C=O) groups excluding carboxylic acids is 7. The number of carbonyl (C=O) groups is 7. The van der Waals surface area contributed by atoms with Gasteiger partial charge in [-0.1, -0.05) is 31.9 Å². The maximum Gasteiger partial charge on any atom is 0.315 e. The molecule has 68 heavy (non-hydrogen) atoms. The maximum atomic E-state index is 12.7. The summed E-state index contributed by atoms with van der Waals surface area (Å²) in [6, 6.07) is 7.53. The van der Waals surface area contributed by atoms with Crippen molar-refractivity contribution in [2.45, 2.75) is 121 Å². The molecule has 3 saturated heterocycles. The van der Waals surface area contributed by atoms with Crippen molar-refractivity contribution in [3.05, 3.63) is 42.0 Å². The number of likely N-dealkylation sites (tertiary alicyclic amines) is 1. The standard InChI is InChI=1S/C28H41N7O4S2.C19H32N2O6/c1-2-13-29-26(38)21-6-5-14-35(21)24(37)16-31-28(40)32-19-11-9-18(10-12-19)15-30-23(36)8-4-3-7-22-25-20(17-41-22)33-27(39)34-25;1-2-25-13-14-27-16-15-26-12-6-10-20-17(22)7-4-3-5-11-21-18(23)8-9-19(21)24/h9-12,20-22,25H,2-8,13-17H2,1H3,(H,29,38)(H,30,36)(H2,31,32,40)(H2,33,34,39);8-9H,2-7,10-16H2,1H3,(H,20,22)/t20-,21-,22-,25-;/m0./s1. The smallest absolute Gasteiger partial charge is 0.315 e. The van der Waals surface area contributed by atoms with Gasteiger partial charge in [-0.2, -0.15) is 11.8 Å². The van der Waals surface area contributed by atoms with E-state index in [0.717, 1.165) is 68.4 Å². The monoisotopic (exact) mass is 987 g/mol. The highest BCUT2D eigenvalue weighted by Crippen LogP contribution is 2.33. The van der Waals surface area contributed by atoms with Gasteiger partial charge < -0.3 is 56.3 Å². The van der Waals surface area contributed by atoms with Crippen molar-refractivity contribution in [2.24, 2.45) is 0 Å². The largest absolute Gasteiger partial charge is 0.379 e. The van der Waals surface area contributed by atoms with E-state index in [9.17, 15) is 33.6 Å². The average molecular weight is 988 g/mol. The number of anilines is 1. The molecule has 0 radical (unpaired) electrons. The van der Waals surface area contributed by atoms with Crippen LogP contribution in [0.15, 0.2) is 36.4 Å². The summed E-state index contributed by atoms with van der Waals surface area (Å²) in [4.78, 5) is 86.2. The van der Waals surface area contributed by atoms with Crippen molar-refractivity contribution in [3.63, 3.8) is 0 Å². The Balaban J connectivity index is 0.000000325. The number of rotatable bonds is 30. The number of hydrogen-bond donors (Lipinski definition) is 7. The molecule has 0 spiro atoms. The minimum absolute atomic E-state index is 0.0157. The van der Waals surface area contributed by atoms with Gasteiger partial charge in [0.25, 0.3) is 11.8 Å². The SMILES string of the molecule is CCCNC(=O)[C@@H]1CCCN1C(=O)CNC(=S)Nc1ccc(CNC(=O)CCCC[C@@H]2SC[C@@H]3NC(=O)N[C@@H]32)cc1.CCOCCOCCOCCCNC(=O)CCCCCN1C(=O)C=CC1=O. The van der Waals surface area contributed by atoms with Crippen molar-refractivity contribution < 1.29 is 47.8 Å². The maximum absolute atomic E-state index is 12.7. The van der Waals surface area contributed by atoms with Crippen LogP contribution in [0.25, 0.3) is 0 Å². The van der Waals surface area contributed by atoms with Crippen molar-refractivity contribution in [3.8, 4) is 0 Å². The summed E-state index contributed by atoms with van der Waals surface area (Å²) < 4.78 is 15.9. The highest BCUT2D eigenvalue weighted by atomic mass is 32.2. The highest BCUT2D eigenvalue weighted by molar-refractivity contribution is 8.00. The number of ether oxygens (including phenoxy) is 3. The van der Waals surface area contributed by atoms with E-state index in [0.29, 0.717) is 108 Å². The molecule has 4 atom stereocenters. The summed E-state index contributed by atoms with van der Waals surface area (Å²) in [5, 5.41) is 21.4. The number of amides is 8. The molecule has 3 fully saturated rings. The lowest BCUT2D eigenvalue weighted by Crippen LogP contribution is -2.49. The summed E-state index contributed by atoms with van der Waals surface area (Å²) in [6.45, 7) is 10.1. The number of benzene rings is 1. The molecule has 4 heterocycles. The second-order valence-electron chi connectivity index (χ2n) is 16.8. The zero-order valence-corrected chi connectivity index (χ0v) is 41.4. The van der Waals surface area contributed by atoms with Crippen LogP contribution in [0.5, 0.6) is 0 Å². The van der Waals surface area contributed by atoms with E-state index in [1.807, 2.05) is 49.9 Å². The molecule has 4 aliphatic heterocycles. The number of urea groups is 1. The van der Waals surface area contributed by atoms with Crippen molar-refractivity contribution >= 4 is 76.3 Å². The van der Waals surface area contributed by atoms with Crippen LogP contribution in [0.3, 0.4) is 0 Å². The van der Waals surface area contributed by atoms with Crippen molar-refractivity contribution in [1.29, 1.82) is 0 Å². The van der Waals surface area contributed by atoms with E-state index in [1.54, 1.807) is 4.90 Å². The Morgan fingerprint density at radius 1 is 0.779 bits per heavy atom. The molecule has 0 aliphatic carbocycles. The summed E-state index contributed by atoms with van der Waals surface area (Å²) in [7, 11) is 0. The predicted octanol–water partition coefficient (Wildman–Crippen LogP) is 2.88. The van der Waals surface area contributed by atoms with Gasteiger partial charge in [-0.3, -0.25) is 33.7 Å². The number of thiocarbonyl (C=S) groups is 1. The van der Waals surface area contributed by atoms with Gasteiger partial charge in [0.05, 0.1) is 45.1 Å². The van der Waals surface area contributed by atoms with Crippen LogP contribution in [0.4, 0.5) is 10.5 Å². The third-order valence-electron chi connectivity index (χ3n) is 11.5. The first-order valence-electron chi connectivity index (χ1n) is 24.2. The number of hydrogen-bond acceptors (Lipinski definition) is 12. The Morgan fingerprint density at radius 2 is 1.47 bits per heavy atom. The first-order valence-corrected chi connectivity index (χ1v) is 25.6. The van der Waals surface area contributed by atoms with Gasteiger partial charge >= 0.3 is 6.03 Å². The summed E-state index contributed by atoms with van der Waals surface area (Å²) in [6.07, 6.45) is 11.6. The minimum atomic E-state index is -0.412. The van der Waals surface area contributed by atoms with E-state index < -0.39 is 6.04 Å². The van der Waals surface area contributed by atoms with Gasteiger partial charge in [0.15, 0.2) is 5.11 Å². The van der Waals surface area contributed by atoms with Crippen LogP contribution in [0.1, 0.15) is 96.5 Å². The van der Waals surface area contributed by atoms with E-state index >= 15 is 0 Å². The molecule has 7 N–H and O–H groups in total. The normalized spacial score (nSPS) is 19.2. The second kappa shape index (κ2) is 32.1. The minimum Gasteiger partial charge on any atom is -0.379 e. The molecule has 0 saturated carbocycles. The molecule has 4 aliphatic rings. The number of nitrogens with one attached hydrogen (secondary N) is 7. The summed E-state index contributed by atoms with van der Waals surface area (Å²) >= 11 is 7.24. The van der Waals surface area contributed by atoms with Gasteiger partial charge in [0.2, 0.25) is 23.6 Å². The first kappa shape index (κ1) is 55.8. The van der Waals surface area contributed by atoms with E-state index in [-0.39, 0.29) is 60.1 Å². The number of fused-ring (bicyclic) bond motifs is 1. The Labute approximate surface area is 410 Å². The number of nitrogens with zero attached hydrogens (tertiary/aromatic N) is 2. The van der Waals surface area contributed by atoms with Crippen molar-refractivity contribution in [2.75, 3.05) is 83.4 Å². The van der Waals surface area contributed by atoms with E-state index in [1.165, 1.54) is 17.1 Å². The quantitative estimate of drug-likeness (QED) is 0.0254. The van der Waals surface area contributed by atoms with Gasteiger partial charge in [0.1, 0.15) is 6.04 Å². The molecule has 0 bridgehead atoms. The molecule has 378 valence electrons. The van der Waals surface area contributed by atoms with Crippen LogP contribution in [0, 0.1) is 0 Å². The fraction of sp³-hybridized carbons (Fsp3) is 0.660. The van der Waals surface area contributed by atoms with Crippen LogP contribution in [-0.2, 0) is 49.5 Å². The molecule has 0 unspecified atom stereocenters. The van der Waals surface area contributed by atoms with Crippen LogP contribution in [0.2, 0.25) is 0 Å². The molecular formula is C47H73N9O10S2. The number of thioether (sulfide) groups is 1. The molecule has 21 heteroatoms. The van der Waals surface area contributed by atoms with Crippen molar-refractivity contribution in [1.82, 2.24) is 41.7 Å². The Bertz CT molecular complexity index is 1810. The topological polar surface area (TPSA) is 238 Å². The lowest BCUT2D eigenvalue weighted by Gasteiger charge is -2.24. The molecule has 5 rings (SSSR count). The first-order chi connectivity index (χ1) is 33.0. The average Bonchev–Trinajstić information content (AvgIpc) is 4.13. The molecular weight excluding hydrogens is 915 g/mol. The fourth-order valence-electron chi connectivity index (χ4n) is 7.86. The van der Waals surface area contributed by atoms with Crippen LogP contribution < -0.4 is 37.2 Å². The lowest BCUT2D eigenvalue weighted by molar-refractivity contribution is -0.137. The lowest BCUT2D eigenvalue weighted by atomic mass is 10.0. The Hall–Kier alpha value is -4.83. The van der Waals surface area contributed by atoms with Crippen LogP contribution >= 0.6 is 24.0 Å². The van der Waals surface area contributed by atoms with Gasteiger partial charge in [-0.15, -0.1) is 0 Å². The third kappa shape index (κ3) is 20.8. The fourth-order valence-corrected chi connectivity index (χ4v) is 9.60. The predicted molar refractivity (Wildman–Crippen MR) is 265 cm³/mol. The second-order valence-corrected chi connectivity index (χ2v) is 18.5. The van der Waals surface area contributed by atoms with Gasteiger partial charge in [0, 0.05) is 87.6 Å². The Morgan fingerprint density at radius 3 is 2.19 bits per heavy atom. The molecule has 8 amide bonds. The molecule has 1 aromatic carbocycles. The van der Waals surface area contributed by atoms with Gasteiger partial charge in [-0.25, -0.2) is 4.79 Å². The van der Waals surface area contributed by atoms with Gasteiger partial charge in [-0.05, 0) is 88.2 Å². The zero-order chi connectivity index (χ0) is 48.9. The highest BCUT2D eigenvalue weighted by Gasteiger charge is 2.42. The number of unbranched alkanes of at least 4 members (excludes halogenated alkanes) is 3. The van der Waals surface area contributed by atoms with E-state index in [4.69, 9.17) is 26.4 Å². The summed E-state index contributed by atoms with van der Waals surface area (Å²) in [5.74, 6) is 0.242. The zero-order valence-electron chi connectivity index (χ0n) is 39.7. The number of imide groups is 1.